The number of aromatic nitrogens is 1. The predicted molar refractivity (Wildman–Crippen MR) is 169 cm³/mol. The molecular formula is C33H41N4O8+. The van der Waals surface area contributed by atoms with E-state index >= 15 is 0 Å². The number of hydrogen-bond donors (Lipinski definition) is 2. The van der Waals surface area contributed by atoms with Crippen molar-refractivity contribution in [2.24, 2.45) is 0 Å². The molecule has 1 amide bonds. The van der Waals surface area contributed by atoms with Crippen molar-refractivity contribution in [2.75, 3.05) is 20.3 Å². The number of amides is 1. The number of benzene rings is 2. The molecule has 2 N–H and O–H groups in total. The molecule has 0 saturated carbocycles. The number of hydrogen-bond acceptors (Lipinski definition) is 9. The van der Waals surface area contributed by atoms with E-state index in [0.717, 1.165) is 10.9 Å². The van der Waals surface area contributed by atoms with Crippen LogP contribution in [0.25, 0.3) is 27.0 Å². The molecule has 12 nitrogen and oxygen atoms in total. The van der Waals surface area contributed by atoms with E-state index in [4.69, 9.17) is 18.9 Å². The van der Waals surface area contributed by atoms with Gasteiger partial charge in [0.25, 0.3) is 0 Å². The molecule has 0 saturated heterocycles. The van der Waals surface area contributed by atoms with Crippen LogP contribution in [-0.4, -0.2) is 59.3 Å². The summed E-state index contributed by atoms with van der Waals surface area (Å²) in [6, 6.07) is 10.8. The van der Waals surface area contributed by atoms with Crippen LogP contribution in [-0.2, 0) is 31.8 Å². The highest BCUT2D eigenvalue weighted by atomic mass is 16.6. The number of methoxy groups -OCH3 is 1. The Hall–Kier alpha value is -5.05. The van der Waals surface area contributed by atoms with E-state index in [0.29, 0.717) is 34.4 Å². The topological polar surface area (TPSA) is 153 Å². The lowest BCUT2D eigenvalue weighted by atomic mass is 9.94. The van der Waals surface area contributed by atoms with E-state index in [1.54, 1.807) is 78.9 Å². The summed E-state index contributed by atoms with van der Waals surface area (Å²) in [7, 11) is 1.48. The van der Waals surface area contributed by atoms with Gasteiger partial charge in [-0.2, -0.15) is 0 Å². The van der Waals surface area contributed by atoms with Gasteiger partial charge < -0.3 is 29.4 Å². The monoisotopic (exact) mass is 621 g/mol. The second-order valence-electron chi connectivity index (χ2n) is 12.2. The molecule has 0 aliphatic heterocycles. The number of rotatable bonds is 9. The van der Waals surface area contributed by atoms with Gasteiger partial charge in [0.05, 0.1) is 19.2 Å². The number of allylic oxidation sites excluding steroid dienone is 1. The Morgan fingerprint density at radius 2 is 1.60 bits per heavy atom. The van der Waals surface area contributed by atoms with Crippen molar-refractivity contribution in [3.63, 3.8) is 0 Å². The van der Waals surface area contributed by atoms with Crippen LogP contribution in [0.5, 0.6) is 5.75 Å². The molecule has 0 radical (unpaired) electrons. The highest BCUT2D eigenvalue weighted by Gasteiger charge is 2.31. The number of para-hydroxylation sites is 1. The molecule has 1 aromatic heterocycles. The molecule has 0 aliphatic rings. The third-order valence-corrected chi connectivity index (χ3v) is 6.35. The molecule has 3 rings (SSSR count). The van der Waals surface area contributed by atoms with E-state index in [2.05, 4.69) is 10.3 Å². The smallest absolute Gasteiger partial charge is 0.504 e. The highest BCUT2D eigenvalue weighted by Crippen LogP contribution is 2.40. The maximum atomic E-state index is 13.3. The molecule has 0 bridgehead atoms. The van der Waals surface area contributed by atoms with Crippen molar-refractivity contribution in [1.29, 1.82) is 5.39 Å². The summed E-state index contributed by atoms with van der Waals surface area (Å²) in [4.78, 5) is 40.7. The summed E-state index contributed by atoms with van der Waals surface area (Å²) in [5.41, 5.74) is 1.17. The normalized spacial score (nSPS) is 12.2. The van der Waals surface area contributed by atoms with Gasteiger partial charge in [-0.25, -0.2) is 14.4 Å². The molecule has 0 spiro atoms. The molecule has 0 unspecified atom stereocenters. The van der Waals surface area contributed by atoms with E-state index in [1.807, 2.05) is 12.1 Å². The lowest BCUT2D eigenvalue weighted by molar-refractivity contribution is -0.138. The summed E-state index contributed by atoms with van der Waals surface area (Å²) in [5, 5.41) is 23.5. The molecule has 45 heavy (non-hydrogen) atoms. The average molecular weight is 622 g/mol. The van der Waals surface area contributed by atoms with Crippen LogP contribution in [0, 0.1) is 5.39 Å². The van der Waals surface area contributed by atoms with Gasteiger partial charge in [-0.1, -0.05) is 30.3 Å². The van der Waals surface area contributed by atoms with Gasteiger partial charge in [0.1, 0.15) is 17.0 Å². The summed E-state index contributed by atoms with van der Waals surface area (Å²) in [5.74, 6) is -1.08. The number of aliphatic hydroxyl groups is 1. The zero-order valence-corrected chi connectivity index (χ0v) is 27.0. The molecule has 0 atom stereocenters. The molecule has 240 valence electrons. The Labute approximate surface area is 262 Å². The number of alkyl carbamates (subject to hydrolysis) is 1. The Kier molecular flexibility index (Phi) is 10.8. The second-order valence-corrected chi connectivity index (χ2v) is 12.2. The number of diazo groups is 1. The molecule has 2 aromatic carbocycles. The van der Waals surface area contributed by atoms with Gasteiger partial charge in [-0.05, 0) is 72.1 Å². The van der Waals surface area contributed by atoms with Gasteiger partial charge in [-0.15, -0.1) is 0 Å². The minimum Gasteiger partial charge on any atom is -0.504 e. The fraction of sp³-hybridized carbons (Fsp3) is 0.424. The van der Waals surface area contributed by atoms with Gasteiger partial charge in [0.15, 0.2) is 4.98 Å². The molecular weight excluding hydrogens is 580 g/mol. The van der Waals surface area contributed by atoms with Crippen molar-refractivity contribution in [3.05, 3.63) is 70.2 Å². The van der Waals surface area contributed by atoms with Crippen LogP contribution in [0.3, 0.4) is 0 Å². The minimum absolute atomic E-state index is 0.0342. The maximum absolute atomic E-state index is 13.3. The van der Waals surface area contributed by atoms with E-state index in [-0.39, 0.29) is 19.6 Å². The highest BCUT2D eigenvalue weighted by molar-refractivity contribution is 6.03. The molecule has 3 aromatic rings. The lowest BCUT2D eigenvalue weighted by Gasteiger charge is -2.20. The Morgan fingerprint density at radius 3 is 2.20 bits per heavy atom. The SMILES string of the molecule is CCOC(=O)/C([N+]#N)=C(\O)Cc1cccc(-c2cccc3c2c(CCNC(=O)OC(C)(C)C)cn3C(=O)OC(C)(C)C)c1OC. The van der Waals surface area contributed by atoms with Crippen LogP contribution in [0.2, 0.25) is 0 Å². The van der Waals surface area contributed by atoms with Crippen molar-refractivity contribution in [1.82, 2.24) is 9.88 Å². The zero-order chi connectivity index (χ0) is 33.5. The summed E-state index contributed by atoms with van der Waals surface area (Å²) < 4.78 is 23.2. The van der Waals surface area contributed by atoms with E-state index in [1.165, 1.54) is 11.7 Å². The molecule has 0 aliphatic carbocycles. The zero-order valence-electron chi connectivity index (χ0n) is 27.0. The number of carbonyl (C=O) groups excluding carboxylic acids is 3. The first-order valence-electron chi connectivity index (χ1n) is 14.5. The maximum Gasteiger partial charge on any atom is 0.505 e. The first-order valence-corrected chi connectivity index (χ1v) is 14.5. The van der Waals surface area contributed by atoms with Crippen LogP contribution >= 0.6 is 0 Å². The fourth-order valence-corrected chi connectivity index (χ4v) is 4.71. The number of esters is 1. The second kappa shape index (κ2) is 14.2. The lowest BCUT2D eigenvalue weighted by Crippen LogP contribution is -2.33. The first kappa shape index (κ1) is 34.4. The van der Waals surface area contributed by atoms with Gasteiger partial charge in [-0.3, -0.25) is 4.57 Å². The molecule has 12 heteroatoms. The molecule has 0 fully saturated rings. The van der Waals surface area contributed by atoms with E-state index < -0.39 is 40.8 Å². The molecule has 1 heterocycles. The summed E-state index contributed by atoms with van der Waals surface area (Å²) >= 11 is 0. The van der Waals surface area contributed by atoms with Gasteiger partial charge in [0, 0.05) is 35.7 Å². The number of carbonyl (C=O) groups is 3. The first-order chi connectivity index (χ1) is 21.1. The van der Waals surface area contributed by atoms with Crippen LogP contribution in [0.1, 0.15) is 59.6 Å². The average Bonchev–Trinajstić information content (AvgIpc) is 3.30. The standard InChI is InChI=1S/C33H40N4O8/c1-9-43-29(39)27(36-34)25(38)18-20-12-10-14-23(28(20)42-8)22-13-11-15-24-26(22)21(16-17-35-30(40)44-32(2,3)4)19-37(24)31(41)45-33(5,6)7/h10-15,19H,9,16-18H2,1-8H3,(H-,35,38,39,40)/p+1. The summed E-state index contributed by atoms with van der Waals surface area (Å²) in [6.07, 6.45) is 0.730. The van der Waals surface area contributed by atoms with Gasteiger partial charge >= 0.3 is 23.9 Å². The number of ether oxygens (including phenoxy) is 4. The van der Waals surface area contributed by atoms with E-state index in [9.17, 15) is 24.9 Å². The largest absolute Gasteiger partial charge is 0.505 e. The predicted octanol–water partition coefficient (Wildman–Crippen LogP) is 6.90. The van der Waals surface area contributed by atoms with Crippen molar-refractivity contribution in [2.45, 2.75) is 72.5 Å². The van der Waals surface area contributed by atoms with Crippen molar-refractivity contribution >= 4 is 29.1 Å². The van der Waals surface area contributed by atoms with Crippen LogP contribution in [0.4, 0.5) is 9.59 Å². The number of aliphatic hydroxyl groups excluding tert-OH is 1. The Balaban J connectivity index is 2.15. The van der Waals surface area contributed by atoms with Crippen molar-refractivity contribution in [3.8, 4) is 16.9 Å². The number of fused-ring (bicyclic) bond motifs is 1. The fourth-order valence-electron chi connectivity index (χ4n) is 4.71. The Bertz CT molecular complexity index is 1650. The van der Waals surface area contributed by atoms with Gasteiger partial charge in [0.2, 0.25) is 11.2 Å². The Morgan fingerprint density at radius 1 is 0.956 bits per heavy atom. The van der Waals surface area contributed by atoms with Crippen LogP contribution in [0.15, 0.2) is 54.1 Å². The third kappa shape index (κ3) is 8.75. The number of nitrogens with one attached hydrogen (secondary N) is 1. The quantitative estimate of drug-likeness (QED) is 0.0854. The van der Waals surface area contributed by atoms with Crippen molar-refractivity contribution < 1.29 is 38.4 Å². The minimum atomic E-state index is -0.967. The van der Waals surface area contributed by atoms with Crippen LogP contribution < -0.4 is 10.1 Å². The third-order valence-electron chi connectivity index (χ3n) is 6.35. The summed E-state index contributed by atoms with van der Waals surface area (Å²) in [6.45, 7) is 12.5. The number of nitrogens with zero attached hydrogens (tertiary/aromatic N) is 3.